The first-order valence-corrected chi connectivity index (χ1v) is 11.3. The van der Waals surface area contributed by atoms with E-state index in [1.807, 2.05) is 24.3 Å². The molecule has 1 amide bonds. The van der Waals surface area contributed by atoms with Crippen LogP contribution in [0.1, 0.15) is 36.9 Å². The molecule has 2 aromatic carbocycles. The summed E-state index contributed by atoms with van der Waals surface area (Å²) in [7, 11) is -0.263. The Balaban J connectivity index is 2.03. The number of anilines is 1. The second-order valence-corrected chi connectivity index (χ2v) is 8.64. The molecule has 1 aliphatic rings. The summed E-state index contributed by atoms with van der Waals surface area (Å²) >= 11 is 0. The number of carbonyl (C=O) groups excluding carboxylic acids is 1. The van der Waals surface area contributed by atoms with Crippen LogP contribution in [0.3, 0.4) is 0 Å². The maximum atomic E-state index is 12.7. The molecule has 0 fully saturated rings. The molecule has 1 unspecified atom stereocenters. The van der Waals surface area contributed by atoms with E-state index >= 15 is 0 Å². The summed E-state index contributed by atoms with van der Waals surface area (Å²) in [5.74, 6) is 1.09. The van der Waals surface area contributed by atoms with Crippen molar-refractivity contribution < 1.29 is 22.7 Å². The van der Waals surface area contributed by atoms with Crippen molar-refractivity contribution in [2.45, 2.75) is 25.8 Å². The Kier molecular flexibility index (Phi) is 6.31. The number of benzene rings is 2. The third-order valence-corrected chi connectivity index (χ3v) is 5.37. The van der Waals surface area contributed by atoms with Crippen LogP contribution < -0.4 is 14.2 Å². The summed E-state index contributed by atoms with van der Waals surface area (Å²) in [6.07, 6.45) is 1.82. The van der Waals surface area contributed by atoms with Gasteiger partial charge in [-0.2, -0.15) is 5.10 Å². The number of methoxy groups -OCH3 is 2. The predicted molar refractivity (Wildman–Crippen MR) is 115 cm³/mol. The first-order valence-electron chi connectivity index (χ1n) is 9.46. The average molecular weight is 432 g/mol. The highest BCUT2D eigenvalue weighted by Crippen LogP contribution is 2.42. The molecular formula is C21H25N3O5S. The number of hydrogen-bond acceptors (Lipinski definition) is 6. The molecule has 1 atom stereocenters. The largest absolute Gasteiger partial charge is 0.496 e. The minimum atomic E-state index is -3.40. The van der Waals surface area contributed by atoms with Crippen molar-refractivity contribution in [3.63, 3.8) is 0 Å². The van der Waals surface area contributed by atoms with E-state index in [9.17, 15) is 13.2 Å². The van der Waals surface area contributed by atoms with Crippen LogP contribution in [0.2, 0.25) is 0 Å². The number of rotatable bonds is 7. The quantitative estimate of drug-likeness (QED) is 0.726. The molecule has 3 rings (SSSR count). The number of nitrogens with zero attached hydrogens (tertiary/aromatic N) is 2. The fourth-order valence-electron chi connectivity index (χ4n) is 3.49. The fraction of sp³-hybridized carbons (Fsp3) is 0.333. The van der Waals surface area contributed by atoms with Crippen molar-refractivity contribution in [1.82, 2.24) is 5.01 Å². The van der Waals surface area contributed by atoms with Crippen LogP contribution >= 0.6 is 0 Å². The van der Waals surface area contributed by atoms with Gasteiger partial charge in [-0.05, 0) is 29.8 Å². The molecule has 30 heavy (non-hydrogen) atoms. The van der Waals surface area contributed by atoms with E-state index in [0.717, 1.165) is 17.4 Å². The van der Waals surface area contributed by atoms with Gasteiger partial charge >= 0.3 is 0 Å². The van der Waals surface area contributed by atoms with Gasteiger partial charge in [-0.1, -0.05) is 25.1 Å². The van der Waals surface area contributed by atoms with Gasteiger partial charge in [-0.25, -0.2) is 13.4 Å². The molecule has 0 spiro atoms. The van der Waals surface area contributed by atoms with Crippen LogP contribution in [-0.2, 0) is 14.8 Å². The Labute approximate surface area is 176 Å². The minimum absolute atomic E-state index is 0.131. The smallest absolute Gasteiger partial charge is 0.242 e. The molecule has 0 aliphatic carbocycles. The summed E-state index contributed by atoms with van der Waals surface area (Å²) in [6.45, 7) is 1.78. The zero-order valence-electron chi connectivity index (χ0n) is 17.4. The standard InChI is InChI=1S/C21H25N3O5S/c1-5-20(25)24-17(21-18(28-2)10-7-11-19(21)29-3)13-16(22-24)14-8-6-9-15(12-14)23-30(4,26)27/h6-12,17,23H,5,13H2,1-4H3. The summed E-state index contributed by atoms with van der Waals surface area (Å²) in [5, 5.41) is 6.05. The van der Waals surface area contributed by atoms with Gasteiger partial charge < -0.3 is 9.47 Å². The van der Waals surface area contributed by atoms with E-state index in [1.54, 1.807) is 39.3 Å². The Morgan fingerprint density at radius 1 is 1.17 bits per heavy atom. The Hall–Kier alpha value is -3.07. The third-order valence-electron chi connectivity index (χ3n) is 4.77. The lowest BCUT2D eigenvalue weighted by Gasteiger charge is -2.25. The van der Waals surface area contributed by atoms with Gasteiger partial charge in [0.2, 0.25) is 15.9 Å². The zero-order chi connectivity index (χ0) is 21.9. The van der Waals surface area contributed by atoms with Gasteiger partial charge in [0.05, 0.1) is 37.8 Å². The normalized spacial score (nSPS) is 16.2. The van der Waals surface area contributed by atoms with E-state index in [0.29, 0.717) is 35.7 Å². The first-order chi connectivity index (χ1) is 14.3. The molecule has 0 aromatic heterocycles. The van der Waals surface area contributed by atoms with Crippen LogP contribution in [0.25, 0.3) is 0 Å². The van der Waals surface area contributed by atoms with Crippen LogP contribution in [-0.4, -0.2) is 45.5 Å². The van der Waals surface area contributed by atoms with E-state index in [2.05, 4.69) is 9.82 Å². The number of sulfonamides is 1. The molecular weight excluding hydrogens is 406 g/mol. The number of ether oxygens (including phenoxy) is 2. The second-order valence-electron chi connectivity index (χ2n) is 6.89. The monoisotopic (exact) mass is 431 g/mol. The maximum absolute atomic E-state index is 12.7. The summed E-state index contributed by atoms with van der Waals surface area (Å²) < 4.78 is 36.7. The highest BCUT2D eigenvalue weighted by molar-refractivity contribution is 7.92. The third kappa shape index (κ3) is 4.56. The van der Waals surface area contributed by atoms with Crippen LogP contribution in [0, 0.1) is 0 Å². The van der Waals surface area contributed by atoms with Crippen molar-refractivity contribution >= 4 is 27.3 Å². The van der Waals surface area contributed by atoms with Gasteiger partial charge in [0.25, 0.3) is 0 Å². The van der Waals surface area contributed by atoms with Crippen molar-refractivity contribution in [1.29, 1.82) is 0 Å². The van der Waals surface area contributed by atoms with E-state index in [4.69, 9.17) is 9.47 Å². The van der Waals surface area contributed by atoms with Gasteiger partial charge in [0, 0.05) is 18.5 Å². The van der Waals surface area contributed by atoms with E-state index in [1.165, 1.54) is 5.01 Å². The maximum Gasteiger partial charge on any atom is 0.242 e. The number of carbonyl (C=O) groups is 1. The molecule has 1 heterocycles. The van der Waals surface area contributed by atoms with Crippen LogP contribution in [0.5, 0.6) is 11.5 Å². The number of nitrogens with one attached hydrogen (secondary N) is 1. The first kappa shape index (κ1) is 21.6. The molecule has 0 bridgehead atoms. The molecule has 8 nitrogen and oxygen atoms in total. The lowest BCUT2D eigenvalue weighted by molar-refractivity contribution is -0.132. The van der Waals surface area contributed by atoms with Crippen molar-refractivity contribution in [3.8, 4) is 11.5 Å². The summed E-state index contributed by atoms with van der Waals surface area (Å²) in [5.41, 5.74) is 2.58. The molecule has 160 valence electrons. The Bertz CT molecular complexity index is 1060. The molecule has 2 aromatic rings. The molecule has 0 saturated carbocycles. The molecule has 9 heteroatoms. The van der Waals surface area contributed by atoms with Crippen molar-refractivity contribution in [2.75, 3.05) is 25.2 Å². The Morgan fingerprint density at radius 3 is 2.37 bits per heavy atom. The van der Waals surface area contributed by atoms with Crippen LogP contribution in [0.4, 0.5) is 5.69 Å². The van der Waals surface area contributed by atoms with Gasteiger partial charge in [-0.15, -0.1) is 0 Å². The number of hydrogen-bond donors (Lipinski definition) is 1. The lowest BCUT2D eigenvalue weighted by atomic mass is 9.96. The molecule has 1 aliphatic heterocycles. The number of amides is 1. The topological polar surface area (TPSA) is 97.3 Å². The Morgan fingerprint density at radius 2 is 1.80 bits per heavy atom. The highest BCUT2D eigenvalue weighted by atomic mass is 32.2. The zero-order valence-corrected chi connectivity index (χ0v) is 18.2. The fourth-order valence-corrected chi connectivity index (χ4v) is 4.04. The second kappa shape index (κ2) is 8.74. The number of hydrazone groups is 1. The van der Waals surface area contributed by atoms with E-state index < -0.39 is 16.1 Å². The van der Waals surface area contributed by atoms with Gasteiger partial charge in [0.15, 0.2) is 0 Å². The molecule has 1 N–H and O–H groups in total. The summed E-state index contributed by atoms with van der Waals surface area (Å²) in [6, 6.07) is 12.0. The predicted octanol–water partition coefficient (Wildman–Crippen LogP) is 3.16. The van der Waals surface area contributed by atoms with E-state index in [-0.39, 0.29) is 5.91 Å². The molecule has 0 saturated heterocycles. The lowest BCUT2D eigenvalue weighted by Crippen LogP contribution is -2.26. The SMILES string of the molecule is CCC(=O)N1N=C(c2cccc(NS(C)(=O)=O)c2)CC1c1c(OC)cccc1OC. The molecule has 0 radical (unpaired) electrons. The van der Waals surface area contributed by atoms with Crippen LogP contribution in [0.15, 0.2) is 47.6 Å². The van der Waals surface area contributed by atoms with Gasteiger partial charge in [-0.3, -0.25) is 9.52 Å². The highest BCUT2D eigenvalue weighted by Gasteiger charge is 2.36. The van der Waals surface area contributed by atoms with Crippen molar-refractivity contribution in [3.05, 3.63) is 53.6 Å². The van der Waals surface area contributed by atoms with Crippen molar-refractivity contribution in [2.24, 2.45) is 5.10 Å². The average Bonchev–Trinajstić information content (AvgIpc) is 3.16. The summed E-state index contributed by atoms with van der Waals surface area (Å²) in [4.78, 5) is 12.7. The minimum Gasteiger partial charge on any atom is -0.496 e. The van der Waals surface area contributed by atoms with Gasteiger partial charge in [0.1, 0.15) is 11.5 Å².